The van der Waals surface area contributed by atoms with Crippen molar-refractivity contribution in [2.24, 2.45) is 0 Å². The number of esters is 1. The number of carbonyl (C=O) groups excluding carboxylic acids is 2. The van der Waals surface area contributed by atoms with E-state index < -0.39 is 5.97 Å². The molecule has 1 aromatic carbocycles. The lowest BCUT2D eigenvalue weighted by Gasteiger charge is -2.10. The summed E-state index contributed by atoms with van der Waals surface area (Å²) in [5.41, 5.74) is 1.60. The first-order valence-electron chi connectivity index (χ1n) is 9.36. The number of rotatable bonds is 8. The van der Waals surface area contributed by atoms with Crippen LogP contribution >= 0.6 is 11.3 Å². The van der Waals surface area contributed by atoms with E-state index in [1.807, 2.05) is 5.32 Å². The molecule has 0 bridgehead atoms. The van der Waals surface area contributed by atoms with Gasteiger partial charge >= 0.3 is 5.97 Å². The molecule has 2 heterocycles. The van der Waals surface area contributed by atoms with Gasteiger partial charge < -0.3 is 20.1 Å². The number of hydrogen-bond donors (Lipinski definition) is 2. The molecule has 3 N–H and O–H groups in total. The Kier molecular flexibility index (Phi) is 7.13. The summed E-state index contributed by atoms with van der Waals surface area (Å²) in [6.45, 7) is 3.71. The van der Waals surface area contributed by atoms with Crippen molar-refractivity contribution in [1.82, 2.24) is 0 Å². The number of carbonyl (C=O) groups is 2. The maximum Gasteiger partial charge on any atom is 0.341 e. The number of thiophene rings is 1. The SMILES string of the molecule is CCOC(=O)c1c(-c2ccc(F)cc2)csc1NC(=O)C[NH2+]C[C@H]1CCCO1. The van der Waals surface area contributed by atoms with Gasteiger partial charge in [0.15, 0.2) is 6.54 Å². The van der Waals surface area contributed by atoms with Crippen molar-refractivity contribution in [3.05, 3.63) is 41.0 Å². The third kappa shape index (κ3) is 5.15. The zero-order valence-electron chi connectivity index (χ0n) is 15.7. The molecule has 1 aliphatic rings. The topological polar surface area (TPSA) is 81.2 Å². The summed E-state index contributed by atoms with van der Waals surface area (Å²) < 4.78 is 23.9. The quantitative estimate of drug-likeness (QED) is 0.659. The maximum atomic E-state index is 13.2. The number of benzene rings is 1. The lowest BCUT2D eigenvalue weighted by molar-refractivity contribution is -0.649. The lowest BCUT2D eigenvalue weighted by Crippen LogP contribution is -2.88. The van der Waals surface area contributed by atoms with E-state index in [0.29, 0.717) is 21.7 Å². The average Bonchev–Trinajstić information content (AvgIpc) is 3.32. The third-order valence-electron chi connectivity index (χ3n) is 4.46. The predicted octanol–water partition coefficient (Wildman–Crippen LogP) is 2.41. The van der Waals surface area contributed by atoms with Gasteiger partial charge in [0.05, 0.1) is 6.61 Å². The van der Waals surface area contributed by atoms with E-state index >= 15 is 0 Å². The lowest BCUT2D eigenvalue weighted by atomic mass is 10.0. The van der Waals surface area contributed by atoms with E-state index in [0.717, 1.165) is 26.0 Å². The van der Waals surface area contributed by atoms with E-state index in [-0.39, 0.29) is 31.0 Å². The minimum absolute atomic E-state index is 0.198. The zero-order valence-corrected chi connectivity index (χ0v) is 16.5. The standard InChI is InChI=1S/C20H23FN2O4S/c1-2-26-20(25)18-16(13-5-7-14(21)8-6-13)12-28-19(18)23-17(24)11-22-10-15-4-3-9-27-15/h5-8,12,15,22H,2-4,9-11H2,1H3,(H,23,24)/p+1/t15-/m1/s1. The first-order chi connectivity index (χ1) is 13.6. The molecule has 1 aliphatic heterocycles. The van der Waals surface area contributed by atoms with Crippen molar-refractivity contribution in [2.75, 3.05) is 31.6 Å². The third-order valence-corrected chi connectivity index (χ3v) is 5.36. The van der Waals surface area contributed by atoms with Gasteiger partial charge in [0.25, 0.3) is 5.91 Å². The molecule has 2 aromatic rings. The number of nitrogens with two attached hydrogens (primary N) is 1. The van der Waals surface area contributed by atoms with Gasteiger partial charge in [-0.25, -0.2) is 9.18 Å². The Balaban J connectivity index is 1.71. The molecule has 0 unspecified atom stereocenters. The minimum Gasteiger partial charge on any atom is -0.462 e. The fourth-order valence-corrected chi connectivity index (χ4v) is 4.08. The monoisotopic (exact) mass is 407 g/mol. The van der Waals surface area contributed by atoms with Crippen LogP contribution in [0.25, 0.3) is 11.1 Å². The van der Waals surface area contributed by atoms with E-state index in [9.17, 15) is 14.0 Å². The van der Waals surface area contributed by atoms with Crippen LogP contribution in [-0.2, 0) is 14.3 Å². The number of quaternary nitrogens is 1. The second-order valence-electron chi connectivity index (χ2n) is 6.49. The molecule has 1 amide bonds. The Bertz CT molecular complexity index is 816. The van der Waals surface area contributed by atoms with Crippen molar-refractivity contribution in [2.45, 2.75) is 25.9 Å². The van der Waals surface area contributed by atoms with Crippen LogP contribution in [0, 0.1) is 5.82 Å². The van der Waals surface area contributed by atoms with Crippen molar-refractivity contribution < 1.29 is 28.8 Å². The van der Waals surface area contributed by atoms with Crippen LogP contribution in [0.1, 0.15) is 30.1 Å². The summed E-state index contributed by atoms with van der Waals surface area (Å²) >= 11 is 1.25. The minimum atomic E-state index is -0.512. The molecule has 150 valence electrons. The van der Waals surface area contributed by atoms with Crippen LogP contribution < -0.4 is 10.6 Å². The number of amides is 1. The van der Waals surface area contributed by atoms with Gasteiger partial charge in [0.1, 0.15) is 29.0 Å². The molecule has 0 aliphatic carbocycles. The molecule has 28 heavy (non-hydrogen) atoms. The second kappa shape index (κ2) is 9.77. The fourth-order valence-electron chi connectivity index (χ4n) is 3.11. The van der Waals surface area contributed by atoms with Crippen molar-refractivity contribution in [1.29, 1.82) is 0 Å². The Hall–Kier alpha value is -2.29. The fraction of sp³-hybridized carbons (Fsp3) is 0.400. The van der Waals surface area contributed by atoms with E-state index in [2.05, 4.69) is 5.32 Å². The summed E-state index contributed by atoms with van der Waals surface area (Å²) in [4.78, 5) is 24.8. The van der Waals surface area contributed by atoms with Gasteiger partial charge in [-0.15, -0.1) is 11.3 Å². The van der Waals surface area contributed by atoms with E-state index in [4.69, 9.17) is 9.47 Å². The number of halogens is 1. The number of nitrogens with one attached hydrogen (secondary N) is 1. The van der Waals surface area contributed by atoms with Gasteiger partial charge in [-0.2, -0.15) is 0 Å². The zero-order chi connectivity index (χ0) is 19.9. The van der Waals surface area contributed by atoms with E-state index in [1.165, 1.54) is 23.5 Å². The Morgan fingerprint density at radius 1 is 1.36 bits per heavy atom. The highest BCUT2D eigenvalue weighted by Gasteiger charge is 2.23. The summed E-state index contributed by atoms with van der Waals surface area (Å²) in [7, 11) is 0. The number of anilines is 1. The van der Waals surface area contributed by atoms with Crippen molar-refractivity contribution >= 4 is 28.2 Å². The number of ether oxygens (including phenoxy) is 2. The molecule has 0 spiro atoms. The molecule has 0 saturated carbocycles. The van der Waals surface area contributed by atoms with Gasteiger partial charge in [0, 0.05) is 17.6 Å². The largest absolute Gasteiger partial charge is 0.462 e. The van der Waals surface area contributed by atoms with Crippen LogP contribution in [0.4, 0.5) is 9.39 Å². The smallest absolute Gasteiger partial charge is 0.341 e. The Morgan fingerprint density at radius 2 is 2.14 bits per heavy atom. The van der Waals surface area contributed by atoms with Gasteiger partial charge in [0.2, 0.25) is 0 Å². The number of hydrogen-bond acceptors (Lipinski definition) is 5. The normalized spacial score (nSPS) is 16.1. The Morgan fingerprint density at radius 3 is 2.82 bits per heavy atom. The van der Waals surface area contributed by atoms with Crippen LogP contribution in [0.5, 0.6) is 0 Å². The summed E-state index contributed by atoms with van der Waals surface area (Å²) in [6.07, 6.45) is 2.29. The average molecular weight is 407 g/mol. The van der Waals surface area contributed by atoms with Crippen LogP contribution in [-0.4, -0.2) is 44.3 Å². The molecule has 8 heteroatoms. The van der Waals surface area contributed by atoms with Crippen LogP contribution in [0.15, 0.2) is 29.6 Å². The molecule has 3 rings (SSSR count). The molecule has 0 radical (unpaired) electrons. The summed E-state index contributed by atoms with van der Waals surface area (Å²) in [5.74, 6) is -1.07. The molecular weight excluding hydrogens is 383 g/mol. The maximum absolute atomic E-state index is 13.2. The Labute approximate surface area is 167 Å². The van der Waals surface area contributed by atoms with Crippen molar-refractivity contribution in [3.8, 4) is 11.1 Å². The first kappa shape index (κ1) is 20.4. The van der Waals surface area contributed by atoms with Gasteiger partial charge in [-0.3, -0.25) is 4.79 Å². The van der Waals surface area contributed by atoms with Crippen molar-refractivity contribution in [3.63, 3.8) is 0 Å². The second-order valence-corrected chi connectivity index (χ2v) is 7.37. The molecule has 1 aromatic heterocycles. The highest BCUT2D eigenvalue weighted by atomic mass is 32.1. The molecular formula is C20H24FN2O4S+. The molecule has 1 saturated heterocycles. The van der Waals surface area contributed by atoms with Gasteiger partial charge in [-0.1, -0.05) is 12.1 Å². The molecule has 1 fully saturated rings. The molecule has 6 nitrogen and oxygen atoms in total. The molecule has 1 atom stereocenters. The summed E-state index contributed by atoms with van der Waals surface area (Å²) in [5, 5.41) is 6.92. The predicted molar refractivity (Wildman–Crippen MR) is 105 cm³/mol. The first-order valence-corrected chi connectivity index (χ1v) is 10.2. The van der Waals surface area contributed by atoms with Gasteiger partial charge in [-0.05, 0) is 37.5 Å². The van der Waals surface area contributed by atoms with Crippen LogP contribution in [0.3, 0.4) is 0 Å². The highest BCUT2D eigenvalue weighted by Crippen LogP contribution is 2.36. The highest BCUT2D eigenvalue weighted by molar-refractivity contribution is 7.15. The van der Waals surface area contributed by atoms with Crippen LogP contribution in [0.2, 0.25) is 0 Å². The van der Waals surface area contributed by atoms with E-state index in [1.54, 1.807) is 24.4 Å². The summed E-state index contributed by atoms with van der Waals surface area (Å²) in [6, 6.07) is 5.86.